The summed E-state index contributed by atoms with van der Waals surface area (Å²) in [5.74, 6) is 0. The molecule has 0 bridgehead atoms. The maximum Gasteiger partial charge on any atom is 0.0847 e. The molecule has 0 amide bonds. The molecule has 66 valence electrons. The molecule has 1 heterocycles. The van der Waals surface area contributed by atoms with Gasteiger partial charge in [-0.25, -0.2) is 0 Å². The molecule has 0 saturated carbocycles. The van der Waals surface area contributed by atoms with Crippen molar-refractivity contribution in [2.75, 3.05) is 0 Å². The van der Waals surface area contributed by atoms with Gasteiger partial charge in [0.15, 0.2) is 0 Å². The van der Waals surface area contributed by atoms with Gasteiger partial charge in [0.25, 0.3) is 0 Å². The molecule has 0 spiro atoms. The van der Waals surface area contributed by atoms with Gasteiger partial charge in [0, 0.05) is 16.1 Å². The number of aliphatic hydroxyl groups excluding tert-OH is 1. The van der Waals surface area contributed by atoms with Crippen LogP contribution in [0, 0.1) is 0 Å². The molecule has 0 saturated heterocycles. The molecular weight excluding hydrogens is 230 g/mol. The zero-order valence-corrected chi connectivity index (χ0v) is 8.45. The fourth-order valence-corrected chi connectivity index (χ4v) is 1.78. The summed E-state index contributed by atoms with van der Waals surface area (Å²) in [5, 5.41) is 10.1. The van der Waals surface area contributed by atoms with Crippen molar-refractivity contribution in [3.05, 3.63) is 40.5 Å². The first-order chi connectivity index (χ1) is 6.33. The third-order valence-corrected chi connectivity index (χ3v) is 2.62. The first kappa shape index (κ1) is 8.66. The second-order valence-electron chi connectivity index (χ2n) is 2.76. The summed E-state index contributed by atoms with van der Waals surface area (Å²) in [5.41, 5.74) is 1.81. The van der Waals surface area contributed by atoms with E-state index in [1.165, 1.54) is 0 Å². The van der Waals surface area contributed by atoms with Crippen LogP contribution in [-0.4, -0.2) is 10.1 Å². The van der Waals surface area contributed by atoms with Crippen LogP contribution in [0.25, 0.3) is 10.9 Å². The summed E-state index contributed by atoms with van der Waals surface area (Å²) < 4.78 is 0.959. The zero-order valence-electron chi connectivity index (χ0n) is 6.87. The Bertz CT molecular complexity index is 442. The van der Waals surface area contributed by atoms with Gasteiger partial charge in [-0.05, 0) is 33.6 Å². The van der Waals surface area contributed by atoms with Gasteiger partial charge in [0.2, 0.25) is 0 Å². The van der Waals surface area contributed by atoms with E-state index in [4.69, 9.17) is 5.11 Å². The lowest BCUT2D eigenvalue weighted by Crippen LogP contribution is -1.87. The van der Waals surface area contributed by atoms with E-state index in [2.05, 4.69) is 20.9 Å². The van der Waals surface area contributed by atoms with Gasteiger partial charge in [0.05, 0.1) is 12.1 Å². The van der Waals surface area contributed by atoms with Gasteiger partial charge in [-0.1, -0.05) is 12.1 Å². The molecule has 13 heavy (non-hydrogen) atoms. The highest BCUT2D eigenvalue weighted by Gasteiger charge is 2.03. The van der Waals surface area contributed by atoms with Gasteiger partial charge in [-0.15, -0.1) is 0 Å². The van der Waals surface area contributed by atoms with Crippen molar-refractivity contribution >= 4 is 26.8 Å². The van der Waals surface area contributed by atoms with Crippen molar-refractivity contribution in [2.24, 2.45) is 0 Å². The normalized spacial score (nSPS) is 10.6. The molecule has 1 N–H and O–H groups in total. The Labute approximate surface area is 84.4 Å². The van der Waals surface area contributed by atoms with Crippen LogP contribution in [-0.2, 0) is 6.61 Å². The first-order valence-corrected chi connectivity index (χ1v) is 4.75. The molecule has 0 fully saturated rings. The van der Waals surface area contributed by atoms with Crippen LogP contribution in [0.2, 0.25) is 0 Å². The molecule has 0 unspecified atom stereocenters. The number of halogens is 1. The quantitative estimate of drug-likeness (QED) is 0.827. The van der Waals surface area contributed by atoms with Crippen LogP contribution in [0.3, 0.4) is 0 Å². The Morgan fingerprint density at radius 2 is 2.15 bits per heavy atom. The van der Waals surface area contributed by atoms with Gasteiger partial charge < -0.3 is 5.11 Å². The second kappa shape index (κ2) is 3.44. The minimum absolute atomic E-state index is 0.0511. The lowest BCUT2D eigenvalue weighted by atomic mass is 10.1. The summed E-state index contributed by atoms with van der Waals surface area (Å²) in [6.07, 6.45) is 1.74. The van der Waals surface area contributed by atoms with Gasteiger partial charge in [0.1, 0.15) is 0 Å². The van der Waals surface area contributed by atoms with Crippen molar-refractivity contribution in [3.63, 3.8) is 0 Å². The van der Waals surface area contributed by atoms with Crippen LogP contribution >= 0.6 is 15.9 Å². The minimum atomic E-state index is 0.0511. The smallest absolute Gasteiger partial charge is 0.0847 e. The van der Waals surface area contributed by atoms with Crippen LogP contribution in [0.4, 0.5) is 0 Å². The summed E-state index contributed by atoms with van der Waals surface area (Å²) >= 11 is 3.42. The number of rotatable bonds is 1. The fourth-order valence-electron chi connectivity index (χ4n) is 1.34. The lowest BCUT2D eigenvalue weighted by Gasteiger charge is -2.03. The van der Waals surface area contributed by atoms with Crippen molar-refractivity contribution in [1.29, 1.82) is 0 Å². The van der Waals surface area contributed by atoms with E-state index in [0.717, 1.165) is 20.9 Å². The highest BCUT2D eigenvalue weighted by molar-refractivity contribution is 9.10. The molecule has 3 heteroatoms. The predicted molar refractivity (Wildman–Crippen MR) is 55.4 cm³/mol. The maximum atomic E-state index is 9.08. The third kappa shape index (κ3) is 1.45. The number of aromatic nitrogens is 1. The maximum absolute atomic E-state index is 9.08. The standard InChI is InChI=1S/C10H8BrNO/c11-9-4-3-7(6-13)8-2-1-5-12-10(8)9/h1-5,13H,6H2. The number of hydrogen-bond acceptors (Lipinski definition) is 2. The monoisotopic (exact) mass is 237 g/mol. The Kier molecular flexibility index (Phi) is 2.29. The van der Waals surface area contributed by atoms with Crippen LogP contribution in [0.15, 0.2) is 34.9 Å². The average molecular weight is 238 g/mol. The average Bonchev–Trinajstić information content (AvgIpc) is 2.19. The Balaban J connectivity index is 2.84. The summed E-state index contributed by atoms with van der Waals surface area (Å²) in [7, 11) is 0. The Morgan fingerprint density at radius 1 is 1.31 bits per heavy atom. The molecule has 2 rings (SSSR count). The first-order valence-electron chi connectivity index (χ1n) is 3.96. The Morgan fingerprint density at radius 3 is 2.92 bits per heavy atom. The molecule has 0 aliphatic carbocycles. The number of aliphatic hydroxyl groups is 1. The summed E-state index contributed by atoms with van der Waals surface area (Å²) in [4.78, 5) is 4.23. The molecular formula is C10H8BrNO. The minimum Gasteiger partial charge on any atom is -0.392 e. The van der Waals surface area contributed by atoms with Gasteiger partial charge in [-0.3, -0.25) is 4.98 Å². The third-order valence-electron chi connectivity index (χ3n) is 1.98. The van der Waals surface area contributed by atoms with Crippen molar-refractivity contribution in [2.45, 2.75) is 6.61 Å². The van der Waals surface area contributed by atoms with E-state index in [0.29, 0.717) is 0 Å². The molecule has 0 aliphatic rings. The molecule has 0 aliphatic heterocycles. The number of hydrogen-bond donors (Lipinski definition) is 1. The van der Waals surface area contributed by atoms with Crippen LogP contribution < -0.4 is 0 Å². The van der Waals surface area contributed by atoms with Crippen LogP contribution in [0.1, 0.15) is 5.56 Å². The summed E-state index contributed by atoms with van der Waals surface area (Å²) in [6, 6.07) is 7.63. The number of benzene rings is 1. The zero-order chi connectivity index (χ0) is 9.26. The Hall–Kier alpha value is -0.930. The number of nitrogens with zero attached hydrogens (tertiary/aromatic N) is 1. The van der Waals surface area contributed by atoms with Crippen molar-refractivity contribution in [1.82, 2.24) is 4.98 Å². The summed E-state index contributed by atoms with van der Waals surface area (Å²) in [6.45, 7) is 0.0511. The molecule has 0 atom stereocenters. The highest BCUT2D eigenvalue weighted by atomic mass is 79.9. The molecule has 0 radical (unpaired) electrons. The van der Waals surface area contributed by atoms with Gasteiger partial charge >= 0.3 is 0 Å². The van der Waals surface area contributed by atoms with Gasteiger partial charge in [-0.2, -0.15) is 0 Å². The molecule has 1 aromatic carbocycles. The predicted octanol–water partition coefficient (Wildman–Crippen LogP) is 2.49. The van der Waals surface area contributed by atoms with Crippen LogP contribution in [0.5, 0.6) is 0 Å². The SMILES string of the molecule is OCc1ccc(Br)c2ncccc12. The largest absolute Gasteiger partial charge is 0.392 e. The fraction of sp³-hybridized carbons (Fsp3) is 0.100. The topological polar surface area (TPSA) is 33.1 Å². The van der Waals surface area contributed by atoms with E-state index in [1.54, 1.807) is 6.20 Å². The molecule has 1 aromatic heterocycles. The van der Waals surface area contributed by atoms with E-state index >= 15 is 0 Å². The van der Waals surface area contributed by atoms with E-state index in [-0.39, 0.29) is 6.61 Å². The van der Waals surface area contributed by atoms with E-state index < -0.39 is 0 Å². The number of pyridine rings is 1. The second-order valence-corrected chi connectivity index (χ2v) is 3.62. The van der Waals surface area contributed by atoms with E-state index in [1.807, 2.05) is 24.3 Å². The van der Waals surface area contributed by atoms with Crippen molar-refractivity contribution < 1.29 is 5.11 Å². The number of fused-ring (bicyclic) bond motifs is 1. The molecule has 2 nitrogen and oxygen atoms in total. The van der Waals surface area contributed by atoms with Crippen molar-refractivity contribution in [3.8, 4) is 0 Å². The van der Waals surface area contributed by atoms with E-state index in [9.17, 15) is 0 Å². The lowest BCUT2D eigenvalue weighted by molar-refractivity contribution is 0.283. The highest BCUT2D eigenvalue weighted by Crippen LogP contribution is 2.24. The molecule has 2 aromatic rings.